The number of aromatic nitrogens is 2. The van der Waals surface area contributed by atoms with Gasteiger partial charge in [0.15, 0.2) is 0 Å². The highest BCUT2D eigenvalue weighted by molar-refractivity contribution is 6.04. The smallest absolute Gasteiger partial charge is 0.256 e. The highest BCUT2D eigenvalue weighted by Crippen LogP contribution is 2.23. The van der Waals surface area contributed by atoms with Gasteiger partial charge in [-0.05, 0) is 37.1 Å². The number of nitrogens with one attached hydrogen (secondary N) is 3. The van der Waals surface area contributed by atoms with Gasteiger partial charge in [0.05, 0.1) is 6.20 Å². The van der Waals surface area contributed by atoms with E-state index in [0.29, 0.717) is 11.4 Å². The Labute approximate surface area is 105 Å². The first-order chi connectivity index (χ1) is 8.74. The normalized spacial score (nSPS) is 12.9. The molecule has 1 amide bonds. The second kappa shape index (κ2) is 4.18. The first-order valence-corrected chi connectivity index (χ1v) is 5.92. The molecule has 0 unspecified atom stereocenters. The Bertz CT molecular complexity index is 603. The van der Waals surface area contributed by atoms with Crippen LogP contribution < -0.4 is 10.6 Å². The van der Waals surface area contributed by atoms with Crippen molar-refractivity contribution < 1.29 is 4.79 Å². The molecule has 0 saturated heterocycles. The van der Waals surface area contributed by atoms with Gasteiger partial charge in [0, 0.05) is 23.4 Å². The molecule has 3 N–H and O–H groups in total. The van der Waals surface area contributed by atoms with Crippen molar-refractivity contribution >= 4 is 17.4 Å². The fourth-order valence-electron chi connectivity index (χ4n) is 2.10. The molecule has 0 spiro atoms. The van der Waals surface area contributed by atoms with Crippen molar-refractivity contribution in [1.82, 2.24) is 10.2 Å². The third kappa shape index (κ3) is 1.84. The zero-order valence-corrected chi connectivity index (χ0v) is 10.1. The molecule has 0 aliphatic carbocycles. The van der Waals surface area contributed by atoms with Crippen molar-refractivity contribution in [3.8, 4) is 0 Å². The summed E-state index contributed by atoms with van der Waals surface area (Å²) in [7, 11) is 0. The number of rotatable bonds is 2. The minimum atomic E-state index is -0.114. The second-order valence-electron chi connectivity index (χ2n) is 4.43. The quantitative estimate of drug-likeness (QED) is 0.753. The number of aryl methyl sites for hydroxylation is 1. The molecular weight excluding hydrogens is 228 g/mol. The molecule has 0 saturated carbocycles. The molecular formula is C13H14N4O. The van der Waals surface area contributed by atoms with Crippen LogP contribution in [-0.4, -0.2) is 22.6 Å². The highest BCUT2D eigenvalue weighted by Gasteiger charge is 2.14. The van der Waals surface area contributed by atoms with Gasteiger partial charge >= 0.3 is 0 Å². The van der Waals surface area contributed by atoms with Gasteiger partial charge in [-0.1, -0.05) is 0 Å². The van der Waals surface area contributed by atoms with Crippen molar-refractivity contribution in [2.75, 3.05) is 17.2 Å². The van der Waals surface area contributed by atoms with E-state index >= 15 is 0 Å². The predicted octanol–water partition coefficient (Wildman–Crippen LogP) is 1.94. The van der Waals surface area contributed by atoms with Crippen LogP contribution in [0.1, 0.15) is 21.5 Å². The number of amides is 1. The summed E-state index contributed by atoms with van der Waals surface area (Å²) in [4.78, 5) is 12.1. The maximum atomic E-state index is 12.1. The van der Waals surface area contributed by atoms with Gasteiger partial charge in [-0.2, -0.15) is 5.10 Å². The largest absolute Gasteiger partial charge is 0.384 e. The minimum Gasteiger partial charge on any atom is -0.384 e. The monoisotopic (exact) mass is 242 g/mol. The van der Waals surface area contributed by atoms with Gasteiger partial charge in [0.2, 0.25) is 0 Å². The van der Waals surface area contributed by atoms with Crippen LogP contribution in [0.4, 0.5) is 11.5 Å². The average molecular weight is 242 g/mol. The number of anilines is 2. The van der Waals surface area contributed by atoms with E-state index in [1.54, 1.807) is 6.20 Å². The van der Waals surface area contributed by atoms with Gasteiger partial charge in [0.1, 0.15) is 5.82 Å². The summed E-state index contributed by atoms with van der Waals surface area (Å²) in [5, 5.41) is 12.7. The number of carbonyl (C=O) groups is 1. The zero-order chi connectivity index (χ0) is 12.5. The van der Waals surface area contributed by atoms with Gasteiger partial charge in [-0.3, -0.25) is 9.89 Å². The number of benzene rings is 1. The van der Waals surface area contributed by atoms with Gasteiger partial charge in [0.25, 0.3) is 5.91 Å². The Balaban J connectivity index is 1.83. The van der Waals surface area contributed by atoms with E-state index in [-0.39, 0.29) is 5.91 Å². The number of aromatic amines is 1. The van der Waals surface area contributed by atoms with Crippen LogP contribution in [0.5, 0.6) is 0 Å². The molecule has 5 heteroatoms. The predicted molar refractivity (Wildman–Crippen MR) is 69.9 cm³/mol. The van der Waals surface area contributed by atoms with Crippen LogP contribution in [0.3, 0.4) is 0 Å². The molecule has 1 aromatic heterocycles. The van der Waals surface area contributed by atoms with Crippen LogP contribution in [0.25, 0.3) is 0 Å². The van der Waals surface area contributed by atoms with Gasteiger partial charge in [-0.25, -0.2) is 0 Å². The SMILES string of the molecule is Cc1cn[nH]c1NC(=O)c1ccc2c(c1)CCN2. The van der Waals surface area contributed by atoms with Crippen LogP contribution in [0.2, 0.25) is 0 Å². The summed E-state index contributed by atoms with van der Waals surface area (Å²) in [6.07, 6.45) is 2.65. The lowest BCUT2D eigenvalue weighted by atomic mass is 10.1. The molecule has 1 aliphatic rings. The van der Waals surface area contributed by atoms with Gasteiger partial charge in [-0.15, -0.1) is 0 Å². The first kappa shape index (κ1) is 10.8. The maximum Gasteiger partial charge on any atom is 0.256 e. The van der Waals surface area contributed by atoms with E-state index in [2.05, 4.69) is 20.8 Å². The van der Waals surface area contributed by atoms with E-state index in [9.17, 15) is 4.79 Å². The van der Waals surface area contributed by atoms with E-state index in [0.717, 1.165) is 24.2 Å². The number of fused-ring (bicyclic) bond motifs is 1. The maximum absolute atomic E-state index is 12.1. The van der Waals surface area contributed by atoms with Crippen molar-refractivity contribution in [1.29, 1.82) is 0 Å². The molecule has 0 atom stereocenters. The molecule has 18 heavy (non-hydrogen) atoms. The lowest BCUT2D eigenvalue weighted by Crippen LogP contribution is -2.13. The molecule has 1 aliphatic heterocycles. The summed E-state index contributed by atoms with van der Waals surface area (Å²) < 4.78 is 0. The number of carbonyl (C=O) groups excluding carboxylic acids is 1. The summed E-state index contributed by atoms with van der Waals surface area (Å²) in [5.41, 5.74) is 3.92. The summed E-state index contributed by atoms with van der Waals surface area (Å²) in [6, 6.07) is 5.73. The van der Waals surface area contributed by atoms with Gasteiger partial charge < -0.3 is 10.6 Å². The van der Waals surface area contributed by atoms with Crippen LogP contribution in [0, 0.1) is 6.92 Å². The average Bonchev–Trinajstić information content (AvgIpc) is 2.98. The van der Waals surface area contributed by atoms with Crippen molar-refractivity contribution in [2.24, 2.45) is 0 Å². The number of H-pyrrole nitrogens is 1. The lowest BCUT2D eigenvalue weighted by Gasteiger charge is -2.06. The molecule has 1 aromatic carbocycles. The Hall–Kier alpha value is -2.30. The first-order valence-electron chi connectivity index (χ1n) is 5.92. The fraction of sp³-hybridized carbons (Fsp3) is 0.231. The summed E-state index contributed by atoms with van der Waals surface area (Å²) >= 11 is 0. The number of nitrogens with zero attached hydrogens (tertiary/aromatic N) is 1. The van der Waals surface area contributed by atoms with Crippen LogP contribution >= 0.6 is 0 Å². The molecule has 92 valence electrons. The Morgan fingerprint density at radius 2 is 2.33 bits per heavy atom. The molecule has 3 rings (SSSR count). The number of hydrogen-bond acceptors (Lipinski definition) is 3. The molecule has 0 fully saturated rings. The minimum absolute atomic E-state index is 0.114. The third-order valence-electron chi connectivity index (χ3n) is 3.14. The molecule has 5 nitrogen and oxygen atoms in total. The molecule has 0 bridgehead atoms. The Kier molecular flexibility index (Phi) is 2.51. The van der Waals surface area contributed by atoms with Crippen LogP contribution in [0.15, 0.2) is 24.4 Å². The standard InChI is InChI=1S/C13H14N4O/c1-8-7-15-17-12(8)16-13(18)10-2-3-11-9(6-10)4-5-14-11/h2-3,6-7,14H,4-5H2,1H3,(H2,15,16,17,18). The van der Waals surface area contributed by atoms with E-state index in [4.69, 9.17) is 0 Å². The summed E-state index contributed by atoms with van der Waals surface area (Å²) in [5.74, 6) is 0.538. The lowest BCUT2D eigenvalue weighted by molar-refractivity contribution is 0.102. The van der Waals surface area contributed by atoms with E-state index < -0.39 is 0 Å². The van der Waals surface area contributed by atoms with Crippen molar-refractivity contribution in [3.63, 3.8) is 0 Å². The summed E-state index contributed by atoms with van der Waals surface area (Å²) in [6.45, 7) is 2.84. The number of hydrogen-bond donors (Lipinski definition) is 3. The molecule has 0 radical (unpaired) electrons. The Morgan fingerprint density at radius 1 is 1.44 bits per heavy atom. The highest BCUT2D eigenvalue weighted by atomic mass is 16.1. The fourth-order valence-corrected chi connectivity index (χ4v) is 2.10. The van der Waals surface area contributed by atoms with E-state index in [1.165, 1.54) is 5.56 Å². The topological polar surface area (TPSA) is 69.8 Å². The Morgan fingerprint density at radius 3 is 3.11 bits per heavy atom. The van der Waals surface area contributed by atoms with Crippen molar-refractivity contribution in [3.05, 3.63) is 41.1 Å². The third-order valence-corrected chi connectivity index (χ3v) is 3.14. The zero-order valence-electron chi connectivity index (χ0n) is 10.1. The van der Waals surface area contributed by atoms with Crippen molar-refractivity contribution in [2.45, 2.75) is 13.3 Å². The molecule has 2 aromatic rings. The molecule has 2 heterocycles. The van der Waals surface area contributed by atoms with Crippen LogP contribution in [-0.2, 0) is 6.42 Å². The second-order valence-corrected chi connectivity index (χ2v) is 4.43. The van der Waals surface area contributed by atoms with E-state index in [1.807, 2.05) is 25.1 Å².